The predicted molar refractivity (Wildman–Crippen MR) is 111 cm³/mol. The van der Waals surface area contributed by atoms with Gasteiger partial charge in [-0.2, -0.15) is 0 Å². The highest BCUT2D eigenvalue weighted by Crippen LogP contribution is 2.32. The Kier molecular flexibility index (Phi) is 7.07. The summed E-state index contributed by atoms with van der Waals surface area (Å²) in [6.07, 6.45) is -0.544. The first-order chi connectivity index (χ1) is 14.6. The Hall–Kier alpha value is -1.90. The van der Waals surface area contributed by atoms with E-state index in [2.05, 4.69) is 9.80 Å². The molecular formula is C22H26ClFN2O4. The number of aliphatic hydroxyl groups is 1. The van der Waals surface area contributed by atoms with Crippen LogP contribution in [0.25, 0.3) is 0 Å². The van der Waals surface area contributed by atoms with Crippen molar-refractivity contribution in [2.75, 3.05) is 46.1 Å². The summed E-state index contributed by atoms with van der Waals surface area (Å²) in [5.41, 5.74) is 1.92. The molecule has 2 aliphatic heterocycles. The fraction of sp³-hybridized carbons (Fsp3) is 0.455. The first-order valence-electron chi connectivity index (χ1n) is 10.1. The number of hydrogen-bond acceptors (Lipinski definition) is 6. The molecule has 0 aliphatic carbocycles. The molecule has 1 N–H and O–H groups in total. The van der Waals surface area contributed by atoms with Crippen molar-refractivity contribution < 1.29 is 23.7 Å². The van der Waals surface area contributed by atoms with Crippen LogP contribution in [0, 0.1) is 5.82 Å². The van der Waals surface area contributed by atoms with E-state index >= 15 is 0 Å². The minimum absolute atomic E-state index is 0.253. The van der Waals surface area contributed by atoms with Gasteiger partial charge in [0.25, 0.3) is 0 Å². The maximum Gasteiger partial charge on any atom is 0.231 e. The van der Waals surface area contributed by atoms with Crippen LogP contribution in [-0.2, 0) is 17.9 Å². The van der Waals surface area contributed by atoms with Gasteiger partial charge in [0, 0.05) is 44.3 Å². The number of β-amino-alcohol motifs (C(OH)–C–C–N with tert-alkyl or cyclic N) is 1. The van der Waals surface area contributed by atoms with Gasteiger partial charge in [0.2, 0.25) is 6.79 Å². The maximum atomic E-state index is 13.2. The van der Waals surface area contributed by atoms with Crippen LogP contribution in [-0.4, -0.2) is 67.1 Å². The van der Waals surface area contributed by atoms with Gasteiger partial charge in [0.1, 0.15) is 5.82 Å². The predicted octanol–water partition coefficient (Wildman–Crippen LogP) is 2.90. The maximum absolute atomic E-state index is 13.2. The van der Waals surface area contributed by atoms with Crippen LogP contribution >= 0.6 is 11.6 Å². The quantitative estimate of drug-likeness (QED) is 0.686. The van der Waals surface area contributed by atoms with Gasteiger partial charge in [0.15, 0.2) is 11.5 Å². The van der Waals surface area contributed by atoms with Crippen LogP contribution in [0.5, 0.6) is 11.5 Å². The van der Waals surface area contributed by atoms with Gasteiger partial charge >= 0.3 is 0 Å². The molecule has 0 bridgehead atoms. The van der Waals surface area contributed by atoms with Gasteiger partial charge in [0.05, 0.1) is 19.3 Å². The highest BCUT2D eigenvalue weighted by atomic mass is 35.5. The normalized spacial score (nSPS) is 18.0. The second kappa shape index (κ2) is 9.94. The number of hydrogen-bond donors (Lipinski definition) is 1. The van der Waals surface area contributed by atoms with Gasteiger partial charge in [-0.15, -0.1) is 0 Å². The molecule has 1 saturated heterocycles. The van der Waals surface area contributed by atoms with Gasteiger partial charge in [-0.3, -0.25) is 9.80 Å². The molecule has 2 heterocycles. The smallest absolute Gasteiger partial charge is 0.231 e. The summed E-state index contributed by atoms with van der Waals surface area (Å²) in [4.78, 5) is 4.52. The molecule has 8 heteroatoms. The van der Waals surface area contributed by atoms with Crippen LogP contribution in [0.1, 0.15) is 11.1 Å². The number of rotatable bonds is 8. The lowest BCUT2D eigenvalue weighted by molar-refractivity contribution is 0.000856. The Bertz CT molecular complexity index is 861. The molecule has 6 nitrogen and oxygen atoms in total. The second-order valence-corrected chi connectivity index (χ2v) is 8.08. The zero-order valence-electron chi connectivity index (χ0n) is 16.7. The lowest BCUT2D eigenvalue weighted by Crippen LogP contribution is -2.48. The average molecular weight is 437 g/mol. The van der Waals surface area contributed by atoms with Crippen molar-refractivity contribution in [1.29, 1.82) is 0 Å². The van der Waals surface area contributed by atoms with Crippen LogP contribution in [0.3, 0.4) is 0 Å². The highest BCUT2D eigenvalue weighted by Gasteiger charge is 2.20. The molecule has 4 rings (SSSR count). The number of piperazine rings is 1. The average Bonchev–Trinajstić information content (AvgIpc) is 3.19. The van der Waals surface area contributed by atoms with Crippen molar-refractivity contribution in [3.63, 3.8) is 0 Å². The lowest BCUT2D eigenvalue weighted by atomic mass is 10.2. The molecule has 0 radical (unpaired) electrons. The Morgan fingerprint density at radius 3 is 2.60 bits per heavy atom. The van der Waals surface area contributed by atoms with Crippen molar-refractivity contribution in [1.82, 2.24) is 9.80 Å². The molecule has 0 amide bonds. The monoisotopic (exact) mass is 436 g/mol. The van der Waals surface area contributed by atoms with E-state index in [1.165, 1.54) is 12.1 Å². The SMILES string of the molecule is OC(COCc1ccc2c(c1)OCO2)CN1CCN(Cc2ccc(F)cc2Cl)CC1. The zero-order chi connectivity index (χ0) is 20.9. The molecule has 0 saturated carbocycles. The number of halogens is 2. The number of aliphatic hydroxyl groups excluding tert-OH is 1. The third kappa shape index (κ3) is 5.62. The van der Waals surface area contributed by atoms with E-state index in [-0.39, 0.29) is 19.2 Å². The zero-order valence-corrected chi connectivity index (χ0v) is 17.5. The van der Waals surface area contributed by atoms with Crippen molar-refractivity contribution in [2.24, 2.45) is 0 Å². The van der Waals surface area contributed by atoms with Crippen LogP contribution < -0.4 is 9.47 Å². The van der Waals surface area contributed by atoms with Crippen LogP contribution in [0.15, 0.2) is 36.4 Å². The standard InChI is InChI=1S/C22H26ClFN2O4/c23-20-10-18(24)3-2-17(20)11-25-5-7-26(8-6-25)12-19(27)14-28-13-16-1-4-21-22(9-16)30-15-29-21/h1-4,9-10,19,27H,5-8,11-15H2. The number of fused-ring (bicyclic) bond motifs is 1. The first kappa shape index (κ1) is 21.3. The Morgan fingerprint density at radius 1 is 1.03 bits per heavy atom. The van der Waals surface area contributed by atoms with Crippen molar-refractivity contribution >= 4 is 11.6 Å². The van der Waals surface area contributed by atoms with Gasteiger partial charge < -0.3 is 19.3 Å². The topological polar surface area (TPSA) is 54.4 Å². The summed E-state index contributed by atoms with van der Waals surface area (Å²) in [6.45, 7) is 5.69. The van der Waals surface area contributed by atoms with Crippen molar-refractivity contribution in [3.8, 4) is 11.5 Å². The molecule has 0 aromatic heterocycles. The summed E-state index contributed by atoms with van der Waals surface area (Å²) in [5, 5.41) is 10.8. The first-order valence-corrected chi connectivity index (χ1v) is 10.5. The third-order valence-electron chi connectivity index (χ3n) is 5.36. The minimum atomic E-state index is -0.544. The van der Waals surface area contributed by atoms with E-state index < -0.39 is 6.10 Å². The van der Waals surface area contributed by atoms with E-state index in [1.807, 2.05) is 18.2 Å². The van der Waals surface area contributed by atoms with Crippen molar-refractivity contribution in [2.45, 2.75) is 19.3 Å². The summed E-state index contributed by atoms with van der Waals surface area (Å²) < 4.78 is 29.5. The molecule has 30 heavy (non-hydrogen) atoms. The van der Waals surface area contributed by atoms with Gasteiger partial charge in [-0.1, -0.05) is 23.7 Å². The molecule has 1 fully saturated rings. The minimum Gasteiger partial charge on any atom is -0.454 e. The molecule has 2 aliphatic rings. The fourth-order valence-electron chi connectivity index (χ4n) is 3.72. The number of nitrogens with zero attached hydrogens (tertiary/aromatic N) is 2. The summed E-state index contributed by atoms with van der Waals surface area (Å²) in [7, 11) is 0. The summed E-state index contributed by atoms with van der Waals surface area (Å²) in [6, 6.07) is 10.2. The fourth-order valence-corrected chi connectivity index (χ4v) is 3.94. The van der Waals surface area contributed by atoms with E-state index in [0.29, 0.717) is 24.7 Å². The largest absolute Gasteiger partial charge is 0.454 e. The van der Waals surface area contributed by atoms with Gasteiger partial charge in [-0.25, -0.2) is 4.39 Å². The molecule has 2 aromatic rings. The molecule has 1 atom stereocenters. The second-order valence-electron chi connectivity index (χ2n) is 7.67. The van der Waals surface area contributed by atoms with E-state index in [9.17, 15) is 9.50 Å². The lowest BCUT2D eigenvalue weighted by Gasteiger charge is -2.35. The van der Waals surface area contributed by atoms with Crippen LogP contribution in [0.4, 0.5) is 4.39 Å². The van der Waals surface area contributed by atoms with Crippen molar-refractivity contribution in [3.05, 3.63) is 58.4 Å². The molecule has 0 spiro atoms. The Morgan fingerprint density at radius 2 is 1.80 bits per heavy atom. The third-order valence-corrected chi connectivity index (χ3v) is 5.71. The molecule has 162 valence electrons. The number of ether oxygens (including phenoxy) is 3. The summed E-state index contributed by atoms with van der Waals surface area (Å²) >= 11 is 6.13. The van der Waals surface area contributed by atoms with Crippen LogP contribution in [0.2, 0.25) is 5.02 Å². The Labute approximate surface area is 180 Å². The van der Waals surface area contributed by atoms with E-state index in [4.69, 9.17) is 25.8 Å². The van der Waals surface area contributed by atoms with Gasteiger partial charge in [-0.05, 0) is 35.4 Å². The highest BCUT2D eigenvalue weighted by molar-refractivity contribution is 6.31. The Balaban J connectivity index is 1.15. The van der Waals surface area contributed by atoms with E-state index in [1.54, 1.807) is 6.07 Å². The molecule has 2 aromatic carbocycles. The number of benzene rings is 2. The van der Waals surface area contributed by atoms with E-state index in [0.717, 1.165) is 48.8 Å². The molecular weight excluding hydrogens is 411 g/mol. The molecule has 1 unspecified atom stereocenters. The summed E-state index contributed by atoms with van der Waals surface area (Å²) in [5.74, 6) is 1.17.